The van der Waals surface area contributed by atoms with Gasteiger partial charge in [0.1, 0.15) is 6.26 Å². The largest absolute Gasteiger partial charge is 0.481 e. The predicted molar refractivity (Wildman–Crippen MR) is 77.3 cm³/mol. The van der Waals surface area contributed by atoms with Crippen molar-refractivity contribution in [2.24, 2.45) is 5.92 Å². The number of aliphatic carboxylic acids is 1. The maximum atomic E-state index is 11.9. The zero-order valence-electron chi connectivity index (χ0n) is 12.4. The summed E-state index contributed by atoms with van der Waals surface area (Å²) >= 11 is 0. The minimum Gasteiger partial charge on any atom is -0.481 e. The molecule has 0 radical (unpaired) electrons. The lowest BCUT2D eigenvalue weighted by Gasteiger charge is -2.29. The van der Waals surface area contributed by atoms with Crippen LogP contribution in [0.15, 0.2) is 17.1 Å². The Hall–Kier alpha value is -1.89. The zero-order chi connectivity index (χ0) is 15.5. The lowest BCUT2D eigenvalue weighted by Crippen LogP contribution is -2.44. The number of amides is 1. The number of carbonyl (C=O) groups excluding carboxylic acids is 1. The fraction of sp³-hybridized carbons (Fsp3) is 0.667. The number of rotatable bonds is 7. The van der Waals surface area contributed by atoms with Gasteiger partial charge < -0.3 is 14.8 Å². The van der Waals surface area contributed by atoms with E-state index in [1.807, 2.05) is 0 Å². The molecule has 7 heteroatoms. The van der Waals surface area contributed by atoms with Crippen molar-refractivity contribution in [2.45, 2.75) is 44.2 Å². The van der Waals surface area contributed by atoms with Crippen LogP contribution in [-0.4, -0.2) is 52.0 Å². The van der Waals surface area contributed by atoms with Gasteiger partial charge in [0.15, 0.2) is 12.1 Å². The fourth-order valence-electron chi connectivity index (χ4n) is 3.18. The summed E-state index contributed by atoms with van der Waals surface area (Å²) in [5.74, 6) is -0.303. The molecule has 0 aromatic carbocycles. The van der Waals surface area contributed by atoms with Crippen LogP contribution in [0.4, 0.5) is 0 Å². The van der Waals surface area contributed by atoms with Crippen LogP contribution in [0.3, 0.4) is 0 Å². The molecule has 1 aromatic heterocycles. The highest BCUT2D eigenvalue weighted by Crippen LogP contribution is 2.35. The zero-order valence-corrected chi connectivity index (χ0v) is 12.4. The van der Waals surface area contributed by atoms with Crippen LogP contribution in [0.25, 0.3) is 0 Å². The van der Waals surface area contributed by atoms with E-state index in [1.54, 1.807) is 0 Å². The van der Waals surface area contributed by atoms with Crippen molar-refractivity contribution in [1.82, 2.24) is 15.2 Å². The Morgan fingerprint density at radius 1 is 1.32 bits per heavy atom. The second-order valence-electron chi connectivity index (χ2n) is 6.21. The normalized spacial score (nSPS) is 25.3. The number of likely N-dealkylation sites (tertiary alicyclic amines) is 1. The highest BCUT2D eigenvalue weighted by Gasteiger charge is 2.38. The number of oxazole rings is 1. The summed E-state index contributed by atoms with van der Waals surface area (Å²) in [6.45, 7) is 1.47. The van der Waals surface area contributed by atoms with Gasteiger partial charge in [0.2, 0.25) is 0 Å². The number of hydrogen-bond acceptors (Lipinski definition) is 5. The summed E-state index contributed by atoms with van der Waals surface area (Å²) in [5, 5.41) is 11.9. The van der Waals surface area contributed by atoms with Gasteiger partial charge in [-0.15, -0.1) is 0 Å². The van der Waals surface area contributed by atoms with Crippen LogP contribution < -0.4 is 5.32 Å². The van der Waals surface area contributed by atoms with Gasteiger partial charge in [-0.2, -0.15) is 0 Å². The molecule has 22 heavy (non-hydrogen) atoms. The number of carbonyl (C=O) groups is 2. The van der Waals surface area contributed by atoms with Crippen LogP contribution in [-0.2, 0) is 4.79 Å². The van der Waals surface area contributed by atoms with E-state index in [1.165, 1.54) is 25.5 Å². The smallest absolute Gasteiger partial charge is 0.304 e. The fourth-order valence-corrected chi connectivity index (χ4v) is 3.18. The van der Waals surface area contributed by atoms with Gasteiger partial charge in [-0.1, -0.05) is 0 Å². The van der Waals surface area contributed by atoms with Crippen molar-refractivity contribution in [3.8, 4) is 0 Å². The molecule has 3 rings (SSSR count). The van der Waals surface area contributed by atoms with Crippen molar-refractivity contribution in [3.63, 3.8) is 0 Å². The van der Waals surface area contributed by atoms with Gasteiger partial charge in [-0.05, 0) is 31.6 Å². The Bertz CT molecular complexity index is 527. The Morgan fingerprint density at radius 3 is 2.73 bits per heavy atom. The molecule has 0 spiro atoms. The maximum absolute atomic E-state index is 11.9. The number of nitrogens with one attached hydrogen (secondary N) is 1. The van der Waals surface area contributed by atoms with E-state index < -0.39 is 5.97 Å². The van der Waals surface area contributed by atoms with Gasteiger partial charge in [0, 0.05) is 25.2 Å². The molecule has 1 aromatic rings. The van der Waals surface area contributed by atoms with Gasteiger partial charge in [-0.25, -0.2) is 4.98 Å². The highest BCUT2D eigenvalue weighted by atomic mass is 16.4. The van der Waals surface area contributed by atoms with E-state index in [0.29, 0.717) is 12.5 Å². The molecule has 0 bridgehead atoms. The molecule has 7 nitrogen and oxygen atoms in total. The lowest BCUT2D eigenvalue weighted by molar-refractivity contribution is -0.138. The number of carboxylic acids is 1. The van der Waals surface area contributed by atoms with Gasteiger partial charge >= 0.3 is 5.97 Å². The average Bonchev–Trinajstić information content (AvgIpc) is 2.99. The number of aromatic nitrogens is 1. The van der Waals surface area contributed by atoms with Crippen molar-refractivity contribution in [2.75, 3.05) is 13.1 Å². The van der Waals surface area contributed by atoms with Crippen LogP contribution >= 0.6 is 0 Å². The van der Waals surface area contributed by atoms with E-state index >= 15 is 0 Å². The molecular formula is C15H21N3O4. The first-order chi connectivity index (χ1) is 10.6. The van der Waals surface area contributed by atoms with Crippen LogP contribution in [0, 0.1) is 5.92 Å². The maximum Gasteiger partial charge on any atom is 0.304 e. The van der Waals surface area contributed by atoms with Crippen molar-refractivity contribution >= 4 is 11.9 Å². The second kappa shape index (κ2) is 6.48. The first-order valence-corrected chi connectivity index (χ1v) is 7.77. The third-order valence-electron chi connectivity index (χ3n) is 4.51. The second-order valence-corrected chi connectivity index (χ2v) is 6.21. The van der Waals surface area contributed by atoms with Crippen LogP contribution in [0.5, 0.6) is 0 Å². The quantitative estimate of drug-likeness (QED) is 0.784. The van der Waals surface area contributed by atoms with E-state index in [2.05, 4.69) is 15.2 Å². The Balaban J connectivity index is 1.56. The molecule has 1 saturated carbocycles. The molecule has 1 aliphatic heterocycles. The molecule has 2 atom stereocenters. The van der Waals surface area contributed by atoms with Gasteiger partial charge in [0.25, 0.3) is 5.91 Å². The molecule has 1 saturated heterocycles. The minimum absolute atomic E-state index is 0.0899. The monoisotopic (exact) mass is 307 g/mol. The SMILES string of the molecule is O=C(O)C[C@H]1CC[C@@H](CNC(=O)c2cocn2)N1CC1CC1. The predicted octanol–water partition coefficient (Wildman–Crippen LogP) is 1.12. The third-order valence-corrected chi connectivity index (χ3v) is 4.51. The minimum atomic E-state index is -0.752. The Labute approximate surface area is 128 Å². The summed E-state index contributed by atoms with van der Waals surface area (Å²) < 4.78 is 4.80. The van der Waals surface area contributed by atoms with Crippen molar-refractivity contribution in [1.29, 1.82) is 0 Å². The van der Waals surface area contributed by atoms with E-state index in [0.717, 1.165) is 19.4 Å². The van der Waals surface area contributed by atoms with Crippen molar-refractivity contribution in [3.05, 3.63) is 18.4 Å². The standard InChI is InChI=1S/C15H21N3O4/c19-14(20)5-11-3-4-12(18(11)7-10-1-2-10)6-16-15(21)13-8-22-9-17-13/h8-12H,1-7H2,(H,16,21)(H,19,20)/t11-,12+/m1/s1. The molecule has 120 valence electrons. The third kappa shape index (κ3) is 3.65. The van der Waals surface area contributed by atoms with E-state index in [9.17, 15) is 9.59 Å². The summed E-state index contributed by atoms with van der Waals surface area (Å²) in [4.78, 5) is 29.0. The topological polar surface area (TPSA) is 95.7 Å². The molecule has 1 amide bonds. The first-order valence-electron chi connectivity index (χ1n) is 7.77. The van der Waals surface area contributed by atoms with Crippen LogP contribution in [0.1, 0.15) is 42.6 Å². The van der Waals surface area contributed by atoms with E-state index in [4.69, 9.17) is 9.52 Å². The number of hydrogen-bond donors (Lipinski definition) is 2. The summed E-state index contributed by atoms with van der Waals surface area (Å²) in [7, 11) is 0. The molecule has 2 N–H and O–H groups in total. The first kappa shape index (κ1) is 15.0. The van der Waals surface area contributed by atoms with E-state index in [-0.39, 0.29) is 30.1 Å². The summed E-state index contributed by atoms with van der Waals surface area (Å²) in [5.41, 5.74) is 0.272. The molecule has 0 unspecified atom stereocenters. The Kier molecular flexibility index (Phi) is 4.42. The van der Waals surface area contributed by atoms with Gasteiger partial charge in [0.05, 0.1) is 6.42 Å². The molecule has 2 aliphatic rings. The molecule has 1 aliphatic carbocycles. The van der Waals surface area contributed by atoms with Crippen molar-refractivity contribution < 1.29 is 19.1 Å². The molecule has 2 heterocycles. The summed E-state index contributed by atoms with van der Waals surface area (Å²) in [6, 6.07) is 0.299. The Morgan fingerprint density at radius 2 is 2.09 bits per heavy atom. The summed E-state index contributed by atoms with van der Waals surface area (Å²) in [6.07, 6.45) is 6.99. The molecular weight excluding hydrogens is 286 g/mol. The number of nitrogens with zero attached hydrogens (tertiary/aromatic N) is 2. The molecule has 2 fully saturated rings. The average molecular weight is 307 g/mol. The highest BCUT2D eigenvalue weighted by molar-refractivity contribution is 5.91. The lowest BCUT2D eigenvalue weighted by atomic mass is 10.1. The van der Waals surface area contributed by atoms with Crippen LogP contribution in [0.2, 0.25) is 0 Å². The number of carboxylic acid groups (broad SMARTS) is 1. The van der Waals surface area contributed by atoms with Gasteiger partial charge in [-0.3, -0.25) is 14.5 Å².